The highest BCUT2D eigenvalue weighted by molar-refractivity contribution is 5.97. The number of carboxylic acids is 1. The minimum Gasteiger partial charge on any atom is -0.481 e. The summed E-state index contributed by atoms with van der Waals surface area (Å²) < 4.78 is 4.69. The van der Waals surface area contributed by atoms with Crippen LogP contribution in [-0.2, 0) is 9.59 Å². The Bertz CT molecular complexity index is 599. The first-order valence-electron chi connectivity index (χ1n) is 11.3. The molecule has 0 saturated heterocycles. The van der Waals surface area contributed by atoms with E-state index in [-0.39, 0.29) is 12.3 Å². The molecule has 1 amide bonds. The van der Waals surface area contributed by atoms with Gasteiger partial charge in [-0.3, -0.25) is 19.9 Å². The van der Waals surface area contributed by atoms with Crippen molar-refractivity contribution in [3.63, 3.8) is 0 Å². The summed E-state index contributed by atoms with van der Waals surface area (Å²) in [6, 6.07) is 2.15. The maximum atomic E-state index is 11.6. The summed E-state index contributed by atoms with van der Waals surface area (Å²) >= 11 is 0. The Hall–Kier alpha value is -2.75. The number of amides is 1. The number of aromatic nitrogens is 2. The Morgan fingerprint density at radius 2 is 1.62 bits per heavy atom. The van der Waals surface area contributed by atoms with Gasteiger partial charge in [0.1, 0.15) is 0 Å². The van der Waals surface area contributed by atoms with Crippen LogP contribution in [0.25, 0.3) is 0 Å². The van der Waals surface area contributed by atoms with Crippen molar-refractivity contribution in [1.82, 2.24) is 20.6 Å². The van der Waals surface area contributed by atoms with Gasteiger partial charge in [0, 0.05) is 38.3 Å². The number of hydrogen-bond donors (Lipinski definition) is 4. The number of nitrogens with zero attached hydrogens (tertiary/aromatic N) is 3. The molecule has 10 heteroatoms. The Balaban J connectivity index is 0. The lowest BCUT2D eigenvalue weighted by Crippen LogP contribution is -2.43. The number of guanidine groups is 1. The van der Waals surface area contributed by atoms with Gasteiger partial charge in [-0.15, -0.1) is 0 Å². The molecule has 2 rings (SSSR count). The number of methoxy groups -OCH3 is 1. The number of aliphatic carboxylic acids is 1. The topological polar surface area (TPSA) is 152 Å². The third kappa shape index (κ3) is 20.5. The van der Waals surface area contributed by atoms with Crippen LogP contribution in [0.2, 0.25) is 0 Å². The molecule has 1 aliphatic heterocycles. The summed E-state index contributed by atoms with van der Waals surface area (Å²) in [6.07, 6.45) is 10.8. The zero-order valence-electron chi connectivity index (χ0n) is 20.1. The molecular weight excluding hydrogens is 412 g/mol. The third-order valence-corrected chi connectivity index (χ3v) is 3.92. The van der Waals surface area contributed by atoms with E-state index in [1.807, 2.05) is 13.8 Å². The maximum Gasteiger partial charge on any atom is 0.315 e. The average Bonchev–Trinajstić information content (AvgIpc) is 2.84. The molecule has 0 fully saturated rings. The van der Waals surface area contributed by atoms with E-state index in [9.17, 15) is 9.59 Å². The van der Waals surface area contributed by atoms with E-state index in [0.29, 0.717) is 18.4 Å². The van der Waals surface area contributed by atoms with Crippen LogP contribution in [0.3, 0.4) is 0 Å². The predicted molar refractivity (Wildman–Crippen MR) is 128 cm³/mol. The molecule has 0 radical (unpaired) electrons. The molecule has 184 valence electrons. The van der Waals surface area contributed by atoms with Gasteiger partial charge in [-0.2, -0.15) is 0 Å². The van der Waals surface area contributed by atoms with Crippen LogP contribution < -0.4 is 21.1 Å². The minimum absolute atomic E-state index is 0.0176. The number of aliphatic imine (C=N–C) groups is 1. The summed E-state index contributed by atoms with van der Waals surface area (Å²) in [4.78, 5) is 33.7. The summed E-state index contributed by atoms with van der Waals surface area (Å²) in [5.41, 5.74) is 4.50. The smallest absolute Gasteiger partial charge is 0.315 e. The van der Waals surface area contributed by atoms with Gasteiger partial charge in [0.05, 0.1) is 7.11 Å². The number of rotatable bonds is 10. The summed E-state index contributed by atoms with van der Waals surface area (Å²) in [7, 11) is 3.04. The van der Waals surface area contributed by atoms with Gasteiger partial charge in [-0.05, 0) is 32.4 Å². The third-order valence-electron chi connectivity index (χ3n) is 3.92. The zero-order valence-corrected chi connectivity index (χ0v) is 20.1. The van der Waals surface area contributed by atoms with Gasteiger partial charge in [0.2, 0.25) is 5.91 Å². The number of nitrogens with one attached hydrogen (secondary N) is 2. The van der Waals surface area contributed by atoms with E-state index >= 15 is 0 Å². The fourth-order valence-corrected chi connectivity index (χ4v) is 2.47. The standard InChI is InChI=1S/C14H25N3O3.C5H6N2O.C2H6.CH5N/c18-12(17-14-15-10-7-11-16-14)8-5-3-1-2-4-6-9-13(19)20;1-8-5-6-3-2-4-7-5;2*1-2/h1-11H2,(H,19,20)(H2,15,16,17,18);2-4H,1H3;1-2H3;2H2,1H3. The molecule has 1 aliphatic rings. The number of carbonyl (C=O) groups excluding carboxylic acids is 1. The number of nitrogens with two attached hydrogens (primary N) is 1. The molecular formula is C22H42N6O4. The largest absolute Gasteiger partial charge is 0.481 e. The molecule has 0 atom stereocenters. The first-order chi connectivity index (χ1) is 15.6. The van der Waals surface area contributed by atoms with Crippen molar-refractivity contribution in [1.29, 1.82) is 0 Å². The van der Waals surface area contributed by atoms with Crippen LogP contribution in [0.4, 0.5) is 0 Å². The first kappa shape index (κ1) is 31.4. The van der Waals surface area contributed by atoms with Gasteiger partial charge >= 0.3 is 12.0 Å². The molecule has 0 aliphatic carbocycles. The average molecular weight is 455 g/mol. The van der Waals surface area contributed by atoms with Crippen molar-refractivity contribution in [3.05, 3.63) is 18.5 Å². The molecule has 0 aromatic carbocycles. The van der Waals surface area contributed by atoms with Crippen molar-refractivity contribution in [2.24, 2.45) is 10.7 Å². The zero-order chi connectivity index (χ0) is 24.5. The maximum absolute atomic E-state index is 11.6. The lowest BCUT2D eigenvalue weighted by Gasteiger charge is -2.14. The van der Waals surface area contributed by atoms with Gasteiger partial charge in [0.15, 0.2) is 5.96 Å². The second-order valence-electron chi connectivity index (χ2n) is 6.31. The van der Waals surface area contributed by atoms with E-state index < -0.39 is 5.97 Å². The lowest BCUT2D eigenvalue weighted by atomic mass is 10.1. The molecule has 32 heavy (non-hydrogen) atoms. The lowest BCUT2D eigenvalue weighted by molar-refractivity contribution is -0.137. The number of unbranched alkanes of at least 4 members (excludes halogenated alkanes) is 5. The van der Waals surface area contributed by atoms with Crippen LogP contribution in [0.15, 0.2) is 23.5 Å². The number of carbonyl (C=O) groups is 2. The van der Waals surface area contributed by atoms with Crippen molar-refractivity contribution in [3.8, 4) is 6.01 Å². The van der Waals surface area contributed by atoms with Crippen molar-refractivity contribution in [2.75, 3.05) is 27.2 Å². The Labute approximate surface area is 192 Å². The monoisotopic (exact) mass is 454 g/mol. The second-order valence-corrected chi connectivity index (χ2v) is 6.31. The van der Waals surface area contributed by atoms with Crippen LogP contribution in [0.1, 0.15) is 71.6 Å². The van der Waals surface area contributed by atoms with Crippen molar-refractivity contribution >= 4 is 17.8 Å². The number of carboxylic acid groups (broad SMARTS) is 1. The van der Waals surface area contributed by atoms with Crippen LogP contribution >= 0.6 is 0 Å². The first-order valence-corrected chi connectivity index (χ1v) is 11.3. The molecule has 0 bridgehead atoms. The van der Waals surface area contributed by atoms with Crippen LogP contribution in [0.5, 0.6) is 6.01 Å². The predicted octanol–water partition coefficient (Wildman–Crippen LogP) is 2.74. The molecule has 1 aromatic heterocycles. The van der Waals surface area contributed by atoms with Gasteiger partial charge in [-0.1, -0.05) is 39.5 Å². The summed E-state index contributed by atoms with van der Waals surface area (Å²) in [6.45, 7) is 5.65. The highest BCUT2D eigenvalue weighted by atomic mass is 16.5. The van der Waals surface area contributed by atoms with Crippen LogP contribution in [0, 0.1) is 0 Å². The Kier molecular flexibility index (Phi) is 24.1. The fourth-order valence-electron chi connectivity index (χ4n) is 2.47. The van der Waals surface area contributed by atoms with Gasteiger partial charge in [0.25, 0.3) is 0 Å². The second kappa shape index (κ2) is 24.5. The summed E-state index contributed by atoms with van der Waals surface area (Å²) in [5, 5.41) is 14.3. The quantitative estimate of drug-likeness (QED) is 0.394. The highest BCUT2D eigenvalue weighted by Crippen LogP contribution is 2.08. The molecule has 1 aromatic rings. The molecule has 2 heterocycles. The van der Waals surface area contributed by atoms with E-state index in [2.05, 4.69) is 31.3 Å². The SMILES string of the molecule is CC.CN.COc1ncccn1.O=C(O)CCCCCCCCC(=O)NC1=NCCCN1. The van der Waals surface area contributed by atoms with E-state index in [1.165, 1.54) is 14.2 Å². The van der Waals surface area contributed by atoms with E-state index in [4.69, 9.17) is 9.84 Å². The van der Waals surface area contributed by atoms with E-state index in [1.54, 1.807) is 18.5 Å². The van der Waals surface area contributed by atoms with Crippen molar-refractivity contribution in [2.45, 2.75) is 71.6 Å². The van der Waals surface area contributed by atoms with Gasteiger partial charge in [-0.25, -0.2) is 9.97 Å². The summed E-state index contributed by atoms with van der Waals surface area (Å²) in [5.74, 6) is -0.0974. The van der Waals surface area contributed by atoms with E-state index in [0.717, 1.165) is 58.0 Å². The normalized spacial score (nSPS) is 11.5. The molecule has 0 unspecified atom stereocenters. The molecule has 0 saturated carbocycles. The minimum atomic E-state index is -0.721. The molecule has 5 N–H and O–H groups in total. The highest BCUT2D eigenvalue weighted by Gasteiger charge is 2.07. The Morgan fingerprint density at radius 1 is 1.06 bits per heavy atom. The fraction of sp³-hybridized carbons (Fsp3) is 0.682. The molecule has 10 nitrogen and oxygen atoms in total. The van der Waals surface area contributed by atoms with Gasteiger partial charge < -0.3 is 20.9 Å². The number of hydrogen-bond acceptors (Lipinski definition) is 8. The number of ether oxygens (including phenoxy) is 1. The van der Waals surface area contributed by atoms with Crippen LogP contribution in [-0.4, -0.2) is 60.2 Å². The molecule has 0 spiro atoms. The van der Waals surface area contributed by atoms with Crippen molar-refractivity contribution < 1.29 is 19.4 Å². The Morgan fingerprint density at radius 3 is 2.09 bits per heavy atom.